The zero-order valence-electron chi connectivity index (χ0n) is 7.58. The Morgan fingerprint density at radius 3 is 1.69 bits per heavy atom. The molecule has 0 N–H and O–H groups in total. The lowest BCUT2D eigenvalue weighted by molar-refractivity contribution is 0.530. The molecule has 0 unspecified atom stereocenters. The maximum absolute atomic E-state index is 5.99. The van der Waals surface area contributed by atoms with Crippen molar-refractivity contribution < 1.29 is 9.05 Å². The van der Waals surface area contributed by atoms with E-state index in [1.165, 1.54) is 0 Å². The molecule has 1 heterocycles. The predicted molar refractivity (Wildman–Crippen MR) is 74.0 cm³/mol. The minimum absolute atomic E-state index is 1.09. The SMILES string of the molecule is C=CO[P@@]1(Cl)=NP(Cl)(Cl)=N[P@@](Cl)(OC=C)=N1. The fourth-order valence-corrected chi connectivity index (χ4v) is 15.0. The van der Waals surface area contributed by atoms with Crippen LogP contribution in [0.25, 0.3) is 0 Å². The van der Waals surface area contributed by atoms with Crippen molar-refractivity contribution in [1.29, 1.82) is 0 Å². The highest BCUT2D eigenvalue weighted by Gasteiger charge is 2.35. The Morgan fingerprint density at radius 1 is 0.812 bits per heavy atom. The molecule has 5 nitrogen and oxygen atoms in total. The lowest BCUT2D eigenvalue weighted by Gasteiger charge is -2.22. The molecule has 2 atom stereocenters. The Kier molecular flexibility index (Phi) is 4.95. The van der Waals surface area contributed by atoms with Crippen LogP contribution in [0.4, 0.5) is 0 Å². The van der Waals surface area contributed by atoms with Gasteiger partial charge in [0.05, 0.1) is 12.5 Å². The highest BCUT2D eigenvalue weighted by Crippen LogP contribution is 2.85. The third-order valence-electron chi connectivity index (χ3n) is 1.07. The second-order valence-corrected chi connectivity index (χ2v) is 13.6. The first-order valence-corrected chi connectivity index (χ1v) is 12.1. The molecule has 92 valence electrons. The van der Waals surface area contributed by atoms with Gasteiger partial charge in [0.15, 0.2) is 0 Å². The van der Waals surface area contributed by atoms with Crippen molar-refractivity contribution in [2.24, 2.45) is 13.5 Å². The van der Waals surface area contributed by atoms with Crippen LogP contribution in [-0.2, 0) is 9.05 Å². The van der Waals surface area contributed by atoms with Crippen molar-refractivity contribution >= 4 is 64.4 Å². The van der Waals surface area contributed by atoms with Gasteiger partial charge >= 0.3 is 13.6 Å². The molecule has 1 rings (SSSR count). The number of nitrogens with zero attached hydrogens (tertiary/aromatic N) is 3. The smallest absolute Gasteiger partial charge is 0.351 e. The molecule has 0 fully saturated rings. The summed E-state index contributed by atoms with van der Waals surface area (Å²) in [5.41, 5.74) is 0. The zero-order valence-corrected chi connectivity index (χ0v) is 13.3. The van der Waals surface area contributed by atoms with E-state index in [0.29, 0.717) is 0 Å². The van der Waals surface area contributed by atoms with Crippen LogP contribution in [0.5, 0.6) is 0 Å². The molecule has 0 aliphatic carbocycles. The zero-order chi connectivity index (χ0) is 12.4. The van der Waals surface area contributed by atoms with E-state index in [1.54, 1.807) is 0 Å². The molecule has 0 bridgehead atoms. The minimum atomic E-state index is -3.10. The topological polar surface area (TPSA) is 55.5 Å². The van der Waals surface area contributed by atoms with Crippen LogP contribution in [0.2, 0.25) is 0 Å². The van der Waals surface area contributed by atoms with E-state index < -0.39 is 19.5 Å². The van der Waals surface area contributed by atoms with Crippen molar-refractivity contribution in [3.63, 3.8) is 0 Å². The largest absolute Gasteiger partial charge is 0.439 e. The van der Waals surface area contributed by atoms with Gasteiger partial charge in [0.1, 0.15) is 0 Å². The van der Waals surface area contributed by atoms with Crippen LogP contribution in [0.3, 0.4) is 0 Å². The van der Waals surface area contributed by atoms with E-state index in [0.717, 1.165) is 12.5 Å². The molecule has 0 spiro atoms. The summed E-state index contributed by atoms with van der Waals surface area (Å²) >= 11 is 23.7. The van der Waals surface area contributed by atoms with Crippen molar-refractivity contribution in [1.82, 2.24) is 0 Å². The van der Waals surface area contributed by atoms with Crippen molar-refractivity contribution in [3.05, 3.63) is 25.7 Å². The molecular weight excluding hydrogens is 357 g/mol. The van der Waals surface area contributed by atoms with Gasteiger partial charge in [-0.25, -0.2) is 0 Å². The first-order valence-electron chi connectivity index (χ1n) is 3.53. The summed E-state index contributed by atoms with van der Waals surface area (Å²) in [5, 5.41) is 0. The Balaban J connectivity index is 3.41. The molecule has 0 aromatic rings. The molecule has 0 radical (unpaired) electrons. The molecule has 1 aliphatic rings. The summed E-state index contributed by atoms with van der Waals surface area (Å²) in [6.07, 6.45) is 2.17. The monoisotopic (exact) mass is 361 g/mol. The lowest BCUT2D eigenvalue weighted by atomic mass is 11.2. The summed E-state index contributed by atoms with van der Waals surface area (Å²) in [7, 11) is 0. The van der Waals surface area contributed by atoms with Gasteiger partial charge < -0.3 is 9.05 Å². The average Bonchev–Trinajstić information content (AvgIpc) is 1.97. The molecule has 0 aromatic heterocycles. The summed E-state index contributed by atoms with van der Waals surface area (Å²) in [4.78, 5) is 0. The highest BCUT2D eigenvalue weighted by molar-refractivity contribution is 8.16. The Bertz CT molecular complexity index is 467. The molecule has 0 saturated carbocycles. The van der Waals surface area contributed by atoms with E-state index in [2.05, 4.69) is 26.7 Å². The Labute approximate surface area is 112 Å². The molecule has 0 saturated heterocycles. The van der Waals surface area contributed by atoms with E-state index in [1.807, 2.05) is 0 Å². The molecule has 1 aliphatic heterocycles. The fourth-order valence-electron chi connectivity index (χ4n) is 0.729. The summed E-state index contributed by atoms with van der Waals surface area (Å²) in [5.74, 6) is -3.05. The van der Waals surface area contributed by atoms with Crippen LogP contribution < -0.4 is 0 Å². The molecular formula is C4H6Cl4N3O2P3. The van der Waals surface area contributed by atoms with Crippen molar-refractivity contribution in [2.45, 2.75) is 0 Å². The first kappa shape index (κ1) is 15.0. The van der Waals surface area contributed by atoms with Gasteiger partial charge in [-0.2, -0.15) is 9.03 Å². The average molecular weight is 363 g/mol. The second kappa shape index (κ2) is 5.28. The van der Waals surface area contributed by atoms with E-state index in [-0.39, 0.29) is 0 Å². The van der Waals surface area contributed by atoms with Gasteiger partial charge in [0, 0.05) is 0 Å². The molecule has 16 heavy (non-hydrogen) atoms. The Hall–Kier alpha value is 0.930. The minimum Gasteiger partial charge on any atom is -0.439 e. The van der Waals surface area contributed by atoms with E-state index in [4.69, 9.17) is 54.0 Å². The predicted octanol–water partition coefficient (Wildman–Crippen LogP) is 7.11. The maximum atomic E-state index is 5.99. The van der Waals surface area contributed by atoms with Gasteiger partial charge in [-0.3, -0.25) is 0 Å². The van der Waals surface area contributed by atoms with Crippen LogP contribution >= 0.6 is 64.4 Å². The van der Waals surface area contributed by atoms with Crippen molar-refractivity contribution in [3.8, 4) is 0 Å². The number of rotatable bonds is 4. The van der Waals surface area contributed by atoms with Gasteiger partial charge in [-0.1, -0.05) is 13.2 Å². The third-order valence-corrected chi connectivity index (χ3v) is 12.5. The van der Waals surface area contributed by atoms with Gasteiger partial charge in [-0.05, 0) is 45.0 Å². The van der Waals surface area contributed by atoms with E-state index >= 15 is 0 Å². The number of halogens is 4. The fraction of sp³-hybridized carbons (Fsp3) is 0. The normalized spacial score (nSPS) is 36.0. The highest BCUT2D eigenvalue weighted by atomic mass is 35.9. The Morgan fingerprint density at radius 2 is 1.25 bits per heavy atom. The van der Waals surface area contributed by atoms with Gasteiger partial charge in [0.2, 0.25) is 0 Å². The molecule has 0 amide bonds. The van der Waals surface area contributed by atoms with Crippen LogP contribution in [0.1, 0.15) is 0 Å². The second-order valence-electron chi connectivity index (χ2n) is 2.21. The third kappa shape index (κ3) is 3.99. The maximum Gasteiger partial charge on any atom is 0.351 e. The van der Waals surface area contributed by atoms with Crippen LogP contribution in [0, 0.1) is 0 Å². The lowest BCUT2D eigenvalue weighted by Crippen LogP contribution is -1.79. The van der Waals surface area contributed by atoms with Crippen molar-refractivity contribution in [2.75, 3.05) is 0 Å². The van der Waals surface area contributed by atoms with E-state index in [9.17, 15) is 0 Å². The van der Waals surface area contributed by atoms with Crippen LogP contribution in [0.15, 0.2) is 39.2 Å². The number of hydrogen-bond acceptors (Lipinski definition) is 5. The summed E-state index contributed by atoms with van der Waals surface area (Å²) < 4.78 is 21.5. The number of hydrogen-bond donors (Lipinski definition) is 0. The summed E-state index contributed by atoms with van der Waals surface area (Å²) in [6, 6.07) is 0. The quantitative estimate of drug-likeness (QED) is 0.395. The molecule has 0 aromatic carbocycles. The first-order chi connectivity index (χ1) is 7.24. The van der Waals surface area contributed by atoms with Crippen LogP contribution in [-0.4, -0.2) is 0 Å². The summed E-state index contributed by atoms with van der Waals surface area (Å²) in [6.45, 7) is 0.502. The standard InChI is InChI=1S/C4H6Cl4N3O2P3/c1-3-12-15(7)9-14(5,6)10-16(8,11-15)13-4-2/h3-4H,1-2H2/t15-,16+. The molecule has 12 heteroatoms. The van der Waals surface area contributed by atoms with Gasteiger partial charge in [0.25, 0.3) is 5.91 Å². The van der Waals surface area contributed by atoms with Gasteiger partial charge in [-0.15, -0.1) is 4.52 Å².